The first kappa shape index (κ1) is 26.7. The first-order valence-corrected chi connectivity index (χ1v) is 14.5. The predicted octanol–water partition coefficient (Wildman–Crippen LogP) is 6.00. The van der Waals surface area contributed by atoms with Gasteiger partial charge in [0.25, 0.3) is 5.91 Å². The summed E-state index contributed by atoms with van der Waals surface area (Å²) in [6, 6.07) is 8.87. The second-order valence-corrected chi connectivity index (χ2v) is 11.2. The lowest BCUT2D eigenvalue weighted by molar-refractivity contribution is -0.149. The van der Waals surface area contributed by atoms with Crippen molar-refractivity contribution in [2.45, 2.75) is 30.7 Å². The number of amides is 1. The summed E-state index contributed by atoms with van der Waals surface area (Å²) in [6.45, 7) is 3.06. The van der Waals surface area contributed by atoms with Gasteiger partial charge in [-0.2, -0.15) is 0 Å². The Morgan fingerprint density at radius 2 is 2.11 bits per heavy atom. The van der Waals surface area contributed by atoms with E-state index in [-0.39, 0.29) is 17.8 Å². The third-order valence-electron chi connectivity index (χ3n) is 5.96. The van der Waals surface area contributed by atoms with Gasteiger partial charge in [0.1, 0.15) is 10.7 Å². The number of carbonyl (C=O) groups excluding carboxylic acids is 2. The van der Waals surface area contributed by atoms with Gasteiger partial charge in [-0.15, -0.1) is 21.5 Å². The molecule has 5 rings (SSSR count). The number of thiazole rings is 1. The standard InChI is InChI=1S/C25H23Cl2N5O4S2/c1-2-35-24(34)15-5-3-9-31(12-15)23(33)19-13-37-21(28-19)14-38-25-30-29-22(20-6-4-10-36-20)32(25)16-7-8-17(26)18(27)11-16/h4,6-8,10-11,13,15H,2-3,5,9,12,14H2,1H3. The lowest BCUT2D eigenvalue weighted by Gasteiger charge is -2.31. The number of esters is 1. The number of benzene rings is 1. The second kappa shape index (κ2) is 11.9. The summed E-state index contributed by atoms with van der Waals surface area (Å²) in [5.41, 5.74) is 1.10. The molecule has 1 atom stereocenters. The summed E-state index contributed by atoms with van der Waals surface area (Å²) in [7, 11) is 0. The maximum absolute atomic E-state index is 13.1. The summed E-state index contributed by atoms with van der Waals surface area (Å²) in [5.74, 6) is 0.830. The summed E-state index contributed by atoms with van der Waals surface area (Å²) >= 11 is 15.2. The third-order valence-corrected chi connectivity index (χ3v) is 8.67. The Kier molecular flexibility index (Phi) is 8.37. The van der Waals surface area contributed by atoms with Gasteiger partial charge in [0.2, 0.25) is 5.82 Å². The van der Waals surface area contributed by atoms with Gasteiger partial charge in [-0.3, -0.25) is 14.2 Å². The van der Waals surface area contributed by atoms with Crippen LogP contribution in [0.25, 0.3) is 17.3 Å². The summed E-state index contributed by atoms with van der Waals surface area (Å²) in [4.78, 5) is 31.5. The van der Waals surface area contributed by atoms with Crippen molar-refractivity contribution < 1.29 is 18.7 Å². The summed E-state index contributed by atoms with van der Waals surface area (Å²) in [6.07, 6.45) is 3.05. The molecule has 9 nitrogen and oxygen atoms in total. The molecular weight excluding hydrogens is 569 g/mol. The molecule has 0 N–H and O–H groups in total. The molecule has 4 aromatic rings. The van der Waals surface area contributed by atoms with E-state index in [0.717, 1.165) is 23.5 Å². The molecular formula is C25H23Cl2N5O4S2. The Morgan fingerprint density at radius 3 is 2.87 bits per heavy atom. The highest BCUT2D eigenvalue weighted by Gasteiger charge is 2.30. The van der Waals surface area contributed by atoms with Crippen LogP contribution in [0.4, 0.5) is 0 Å². The van der Waals surface area contributed by atoms with Crippen molar-refractivity contribution in [1.82, 2.24) is 24.6 Å². The maximum atomic E-state index is 13.1. The van der Waals surface area contributed by atoms with Crippen LogP contribution in [0.5, 0.6) is 0 Å². The highest BCUT2D eigenvalue weighted by molar-refractivity contribution is 7.98. The fraction of sp³-hybridized carbons (Fsp3) is 0.320. The number of hydrogen-bond acceptors (Lipinski definition) is 9. The summed E-state index contributed by atoms with van der Waals surface area (Å²) in [5, 5.41) is 12.7. The topological polar surface area (TPSA) is 103 Å². The van der Waals surface area contributed by atoms with E-state index >= 15 is 0 Å². The van der Waals surface area contributed by atoms with Crippen LogP contribution in [0, 0.1) is 5.92 Å². The van der Waals surface area contributed by atoms with E-state index in [1.165, 1.54) is 23.1 Å². The molecule has 1 amide bonds. The number of carbonyl (C=O) groups is 2. The molecule has 0 radical (unpaired) electrons. The molecule has 1 unspecified atom stereocenters. The van der Waals surface area contributed by atoms with E-state index < -0.39 is 0 Å². The van der Waals surface area contributed by atoms with Gasteiger partial charge in [-0.1, -0.05) is 35.0 Å². The Hall–Kier alpha value is -2.86. The molecule has 38 heavy (non-hydrogen) atoms. The van der Waals surface area contributed by atoms with Crippen LogP contribution < -0.4 is 0 Å². The number of halogens is 2. The van der Waals surface area contributed by atoms with Crippen molar-refractivity contribution in [3.05, 3.63) is 62.7 Å². The van der Waals surface area contributed by atoms with Crippen LogP contribution in [0.3, 0.4) is 0 Å². The van der Waals surface area contributed by atoms with Crippen molar-refractivity contribution in [2.75, 3.05) is 19.7 Å². The number of hydrogen-bond donors (Lipinski definition) is 0. The van der Waals surface area contributed by atoms with E-state index in [2.05, 4.69) is 15.2 Å². The van der Waals surface area contributed by atoms with Crippen molar-refractivity contribution in [3.8, 4) is 17.3 Å². The SMILES string of the molecule is CCOC(=O)C1CCCN(C(=O)c2csc(CSc3nnc(-c4ccco4)n3-c3ccc(Cl)c(Cl)c3)n2)C1. The molecule has 1 aromatic carbocycles. The van der Waals surface area contributed by atoms with E-state index in [1.807, 2.05) is 10.6 Å². The van der Waals surface area contributed by atoms with Crippen molar-refractivity contribution >= 4 is 58.2 Å². The van der Waals surface area contributed by atoms with Crippen molar-refractivity contribution in [1.29, 1.82) is 0 Å². The van der Waals surface area contributed by atoms with Crippen LogP contribution in [0.15, 0.2) is 51.5 Å². The van der Waals surface area contributed by atoms with Gasteiger partial charge >= 0.3 is 5.97 Å². The average Bonchev–Trinajstić information content (AvgIpc) is 3.70. The molecule has 198 valence electrons. The molecule has 4 heterocycles. The van der Waals surface area contributed by atoms with E-state index in [0.29, 0.717) is 57.9 Å². The number of piperidine rings is 1. The molecule has 0 spiro atoms. The zero-order valence-corrected chi connectivity index (χ0v) is 23.4. The number of aromatic nitrogens is 4. The van der Waals surface area contributed by atoms with Crippen molar-refractivity contribution in [2.24, 2.45) is 5.92 Å². The van der Waals surface area contributed by atoms with Gasteiger partial charge in [-0.25, -0.2) is 4.98 Å². The van der Waals surface area contributed by atoms with E-state index in [1.54, 1.807) is 47.7 Å². The highest BCUT2D eigenvalue weighted by atomic mass is 35.5. The number of nitrogens with zero attached hydrogens (tertiary/aromatic N) is 5. The first-order chi connectivity index (χ1) is 18.4. The normalized spacial score (nSPS) is 15.6. The third kappa shape index (κ3) is 5.75. The molecule has 1 fully saturated rings. The molecule has 0 saturated carbocycles. The van der Waals surface area contributed by atoms with Gasteiger partial charge in [0.15, 0.2) is 10.9 Å². The number of thioether (sulfide) groups is 1. The predicted molar refractivity (Wildman–Crippen MR) is 146 cm³/mol. The first-order valence-electron chi connectivity index (χ1n) is 11.9. The maximum Gasteiger partial charge on any atom is 0.310 e. The zero-order chi connectivity index (χ0) is 26.6. The van der Waals surface area contributed by atoms with E-state index in [4.69, 9.17) is 32.4 Å². The second-order valence-electron chi connectivity index (χ2n) is 8.47. The van der Waals surface area contributed by atoms with Crippen LogP contribution in [0.1, 0.15) is 35.3 Å². The molecule has 13 heteroatoms. The van der Waals surface area contributed by atoms with Crippen LogP contribution in [-0.2, 0) is 15.3 Å². The van der Waals surface area contributed by atoms with E-state index in [9.17, 15) is 9.59 Å². The van der Waals surface area contributed by atoms with Gasteiger partial charge < -0.3 is 14.1 Å². The van der Waals surface area contributed by atoms with Gasteiger partial charge in [0, 0.05) is 18.5 Å². The number of furan rings is 1. The molecule has 1 aliphatic rings. The Labute approximate surface area is 237 Å². The van der Waals surface area contributed by atoms with Crippen LogP contribution >= 0.6 is 46.3 Å². The Morgan fingerprint density at radius 1 is 1.24 bits per heavy atom. The molecule has 0 bridgehead atoms. The minimum absolute atomic E-state index is 0.175. The largest absolute Gasteiger partial charge is 0.466 e. The zero-order valence-electron chi connectivity index (χ0n) is 20.3. The monoisotopic (exact) mass is 591 g/mol. The molecule has 0 aliphatic carbocycles. The van der Waals surface area contributed by atoms with Gasteiger partial charge in [0.05, 0.1) is 40.3 Å². The average molecular weight is 593 g/mol. The Bertz CT molecular complexity index is 1440. The minimum Gasteiger partial charge on any atom is -0.466 e. The number of ether oxygens (including phenoxy) is 1. The Balaban J connectivity index is 1.31. The lowest BCUT2D eigenvalue weighted by atomic mass is 9.98. The fourth-order valence-corrected chi connectivity index (χ4v) is 6.19. The number of rotatable bonds is 8. The molecule has 3 aromatic heterocycles. The minimum atomic E-state index is -0.294. The smallest absolute Gasteiger partial charge is 0.310 e. The molecule has 1 saturated heterocycles. The van der Waals surface area contributed by atoms with Crippen LogP contribution in [-0.4, -0.2) is 56.2 Å². The molecule has 1 aliphatic heterocycles. The summed E-state index contributed by atoms with van der Waals surface area (Å²) < 4.78 is 12.6. The quantitative estimate of drug-likeness (QED) is 0.181. The van der Waals surface area contributed by atoms with Crippen LogP contribution in [0.2, 0.25) is 10.0 Å². The lowest BCUT2D eigenvalue weighted by Crippen LogP contribution is -2.43. The van der Waals surface area contributed by atoms with Crippen molar-refractivity contribution in [3.63, 3.8) is 0 Å². The fourth-order valence-electron chi connectivity index (χ4n) is 4.16. The number of likely N-dealkylation sites (tertiary alicyclic amines) is 1. The van der Waals surface area contributed by atoms with Gasteiger partial charge in [-0.05, 0) is 50.1 Å². The highest BCUT2D eigenvalue weighted by Crippen LogP contribution is 2.33.